The number of piperidine rings is 1. The van der Waals surface area contributed by atoms with Crippen LogP contribution in [0, 0.1) is 17.8 Å². The van der Waals surface area contributed by atoms with E-state index >= 15 is 0 Å². The van der Waals surface area contributed by atoms with E-state index in [0.717, 1.165) is 18.4 Å². The van der Waals surface area contributed by atoms with Gasteiger partial charge < -0.3 is 14.1 Å². The third-order valence-electron chi connectivity index (χ3n) is 5.85. The van der Waals surface area contributed by atoms with Crippen molar-refractivity contribution >= 4 is 14.4 Å². The second kappa shape index (κ2) is 9.36. The molecule has 1 heterocycles. The number of likely N-dealkylation sites (tertiary alicyclic amines) is 1. The van der Waals surface area contributed by atoms with Gasteiger partial charge in [-0.05, 0) is 50.4 Å². The molecule has 1 aliphatic rings. The van der Waals surface area contributed by atoms with Crippen LogP contribution in [0.15, 0.2) is 30.3 Å². The van der Waals surface area contributed by atoms with Crippen LogP contribution in [0.1, 0.15) is 53.0 Å². The minimum Gasteiger partial charge on any atom is -0.445 e. The molecule has 0 saturated carbocycles. The molecule has 0 N–H and O–H groups in total. The van der Waals surface area contributed by atoms with Gasteiger partial charge in [0.15, 0.2) is 8.32 Å². The number of carbonyl (C=O) groups is 1. The lowest BCUT2D eigenvalue weighted by atomic mass is 9.96. The molecule has 1 aliphatic heterocycles. The molecule has 1 aromatic rings. The Morgan fingerprint density at radius 2 is 1.69 bits per heavy atom. The second-order valence-electron chi connectivity index (χ2n) is 9.94. The molecule has 0 radical (unpaired) electrons. The molecule has 0 bridgehead atoms. The van der Waals surface area contributed by atoms with Crippen molar-refractivity contribution in [1.82, 2.24) is 4.90 Å². The van der Waals surface area contributed by atoms with E-state index in [-0.39, 0.29) is 11.1 Å². The van der Waals surface area contributed by atoms with Gasteiger partial charge in [-0.15, -0.1) is 0 Å². The lowest BCUT2D eigenvalue weighted by Crippen LogP contribution is -2.47. The van der Waals surface area contributed by atoms with Gasteiger partial charge in [0.05, 0.1) is 0 Å². The molecule has 0 aromatic heterocycles. The van der Waals surface area contributed by atoms with Crippen LogP contribution in [0.3, 0.4) is 0 Å². The van der Waals surface area contributed by atoms with Gasteiger partial charge >= 0.3 is 6.09 Å². The maximum absolute atomic E-state index is 12.3. The summed E-state index contributed by atoms with van der Waals surface area (Å²) < 4.78 is 11.9. The first kappa shape index (κ1) is 23.5. The van der Waals surface area contributed by atoms with Crippen molar-refractivity contribution in [2.45, 2.75) is 77.8 Å². The number of ether oxygens (including phenoxy) is 1. The highest BCUT2D eigenvalue weighted by atomic mass is 28.4. The van der Waals surface area contributed by atoms with E-state index in [0.29, 0.717) is 25.6 Å². The predicted molar refractivity (Wildman–Crippen MR) is 121 cm³/mol. The Balaban J connectivity index is 1.83. The van der Waals surface area contributed by atoms with Gasteiger partial charge in [-0.1, -0.05) is 62.9 Å². The quantitative estimate of drug-likeness (QED) is 0.458. The number of hydrogen-bond acceptors (Lipinski definition) is 3. The van der Waals surface area contributed by atoms with E-state index in [1.165, 1.54) is 0 Å². The number of benzene rings is 1. The molecule has 1 fully saturated rings. The number of rotatable bonds is 4. The van der Waals surface area contributed by atoms with Gasteiger partial charge in [0.1, 0.15) is 12.2 Å². The first-order chi connectivity index (χ1) is 13.4. The van der Waals surface area contributed by atoms with Gasteiger partial charge in [-0.2, -0.15) is 0 Å². The van der Waals surface area contributed by atoms with E-state index < -0.39 is 13.9 Å². The Morgan fingerprint density at radius 3 is 2.24 bits per heavy atom. The van der Waals surface area contributed by atoms with Crippen LogP contribution in [0.25, 0.3) is 0 Å². The fourth-order valence-electron chi connectivity index (χ4n) is 3.11. The summed E-state index contributed by atoms with van der Waals surface area (Å²) in [6, 6.07) is 9.77. The molecule has 0 unspecified atom stereocenters. The lowest BCUT2D eigenvalue weighted by Gasteiger charge is -2.41. The topological polar surface area (TPSA) is 38.8 Å². The van der Waals surface area contributed by atoms with Crippen molar-refractivity contribution < 1.29 is 14.0 Å². The summed E-state index contributed by atoms with van der Waals surface area (Å²) in [5.41, 5.74) is 0.556. The Morgan fingerprint density at radius 1 is 1.10 bits per heavy atom. The molecule has 5 heteroatoms. The third kappa shape index (κ3) is 7.20. The molecule has 0 aliphatic carbocycles. The summed E-state index contributed by atoms with van der Waals surface area (Å²) in [5.74, 6) is 7.10. The summed E-state index contributed by atoms with van der Waals surface area (Å²) in [4.78, 5) is 14.1. The molecule has 0 atom stereocenters. The van der Waals surface area contributed by atoms with Crippen molar-refractivity contribution in [2.24, 2.45) is 5.92 Å². The highest BCUT2D eigenvalue weighted by Crippen LogP contribution is 2.39. The van der Waals surface area contributed by atoms with E-state index in [2.05, 4.69) is 59.6 Å². The van der Waals surface area contributed by atoms with Crippen LogP contribution >= 0.6 is 0 Å². The summed E-state index contributed by atoms with van der Waals surface area (Å²) in [7, 11) is -1.86. The number of carbonyl (C=O) groups excluding carboxylic acids is 1. The predicted octanol–water partition coefficient (Wildman–Crippen LogP) is 5.84. The highest BCUT2D eigenvalue weighted by Gasteiger charge is 2.41. The Kier molecular flexibility index (Phi) is 7.59. The minimum atomic E-state index is -1.86. The van der Waals surface area contributed by atoms with Crippen LogP contribution in [0.4, 0.5) is 4.79 Å². The lowest BCUT2D eigenvalue weighted by molar-refractivity contribution is 0.0858. The molecular formula is C24H37NO3Si. The van der Waals surface area contributed by atoms with Crippen molar-refractivity contribution in [1.29, 1.82) is 0 Å². The molecule has 4 nitrogen and oxygen atoms in total. The van der Waals surface area contributed by atoms with Gasteiger partial charge in [0, 0.05) is 19.0 Å². The fraction of sp³-hybridized carbons (Fsp3) is 0.625. The van der Waals surface area contributed by atoms with Crippen molar-refractivity contribution in [3.05, 3.63) is 35.9 Å². The summed E-state index contributed by atoms with van der Waals surface area (Å²) in [6.45, 7) is 17.1. The van der Waals surface area contributed by atoms with Crippen molar-refractivity contribution in [2.75, 3.05) is 13.1 Å². The SMILES string of the molecule is CC(C)(C#CC1CCN(C(=O)OCc2ccccc2)CC1)O[Si](C)(C)C(C)(C)C. The van der Waals surface area contributed by atoms with E-state index in [1.807, 2.05) is 30.3 Å². The normalized spacial score (nSPS) is 16.2. The molecule has 29 heavy (non-hydrogen) atoms. The minimum absolute atomic E-state index is 0.164. The Labute approximate surface area is 178 Å². The van der Waals surface area contributed by atoms with Crippen molar-refractivity contribution in [3.63, 3.8) is 0 Å². The molecule has 1 aromatic carbocycles. The monoisotopic (exact) mass is 415 g/mol. The largest absolute Gasteiger partial charge is 0.445 e. The number of hydrogen-bond donors (Lipinski definition) is 0. The first-order valence-corrected chi connectivity index (χ1v) is 13.5. The second-order valence-corrected chi connectivity index (χ2v) is 14.7. The number of amides is 1. The van der Waals surface area contributed by atoms with Crippen LogP contribution < -0.4 is 0 Å². The van der Waals surface area contributed by atoms with Gasteiger partial charge in [0.2, 0.25) is 0 Å². The summed E-state index contributed by atoms with van der Waals surface area (Å²) in [5, 5.41) is 0.164. The Hall–Kier alpha value is -1.77. The molecule has 1 amide bonds. The average molecular weight is 416 g/mol. The smallest absolute Gasteiger partial charge is 0.410 e. The van der Waals surface area contributed by atoms with Gasteiger partial charge in [-0.3, -0.25) is 0 Å². The fourth-order valence-corrected chi connectivity index (χ4v) is 4.74. The molecule has 2 rings (SSSR count). The summed E-state index contributed by atoms with van der Waals surface area (Å²) in [6.07, 6.45) is 1.52. The Bertz CT molecular complexity index is 733. The van der Waals surface area contributed by atoms with Crippen molar-refractivity contribution in [3.8, 4) is 11.8 Å². The highest BCUT2D eigenvalue weighted by molar-refractivity contribution is 6.74. The van der Waals surface area contributed by atoms with E-state index in [4.69, 9.17) is 9.16 Å². The van der Waals surface area contributed by atoms with Crippen LogP contribution in [0.2, 0.25) is 18.1 Å². The van der Waals surface area contributed by atoms with Crippen LogP contribution in [-0.4, -0.2) is 38.0 Å². The van der Waals surface area contributed by atoms with Gasteiger partial charge in [0.25, 0.3) is 0 Å². The molecule has 0 spiro atoms. The molecular weight excluding hydrogens is 378 g/mol. The number of nitrogens with zero attached hydrogens (tertiary/aromatic N) is 1. The van der Waals surface area contributed by atoms with E-state index in [9.17, 15) is 4.79 Å². The van der Waals surface area contributed by atoms with Crippen LogP contribution in [0.5, 0.6) is 0 Å². The zero-order valence-corrected chi connectivity index (χ0v) is 20.2. The summed E-state index contributed by atoms with van der Waals surface area (Å²) >= 11 is 0. The standard InChI is InChI=1S/C24H37NO3Si/c1-23(2,3)29(6,7)28-24(4,5)16-13-20-14-17-25(18-15-20)22(26)27-19-21-11-9-8-10-12-21/h8-12,20H,14-15,17-19H2,1-7H3. The van der Waals surface area contributed by atoms with E-state index in [1.54, 1.807) is 4.90 Å². The molecule has 1 saturated heterocycles. The average Bonchev–Trinajstić information content (AvgIpc) is 2.64. The first-order valence-electron chi connectivity index (χ1n) is 10.6. The zero-order chi connectivity index (χ0) is 21.7. The molecule has 160 valence electrons. The maximum Gasteiger partial charge on any atom is 0.410 e. The zero-order valence-electron chi connectivity index (χ0n) is 19.2. The maximum atomic E-state index is 12.3. The van der Waals surface area contributed by atoms with Crippen LogP contribution in [-0.2, 0) is 15.8 Å². The third-order valence-corrected chi connectivity index (χ3v) is 10.5. The van der Waals surface area contributed by atoms with Gasteiger partial charge in [-0.25, -0.2) is 4.79 Å².